The molecule has 2 aromatic carbocycles. The van der Waals surface area contributed by atoms with Gasteiger partial charge in [-0.15, -0.1) is 0 Å². The Bertz CT molecular complexity index is 1620. The molecule has 4 atom stereocenters. The maximum atomic E-state index is 14.2. The highest BCUT2D eigenvalue weighted by atomic mass is 16.5. The van der Waals surface area contributed by atoms with Crippen molar-refractivity contribution >= 4 is 17.9 Å². The van der Waals surface area contributed by atoms with Crippen molar-refractivity contribution in [2.24, 2.45) is 17.8 Å². The molecule has 2 amide bonds. The number of benzene rings is 2. The molecule has 3 N–H and O–H groups in total. The summed E-state index contributed by atoms with van der Waals surface area (Å²) in [6.07, 6.45) is 4.40. The molecule has 0 unspecified atom stereocenters. The van der Waals surface area contributed by atoms with E-state index in [1.807, 2.05) is 67.6 Å². The molecule has 9 heteroatoms. The number of rotatable bonds is 14. The second-order valence-electron chi connectivity index (χ2n) is 13.5. The molecule has 3 aliphatic rings. The molecule has 6 rings (SSSR count). The summed E-state index contributed by atoms with van der Waals surface area (Å²) in [7, 11) is 0. The van der Waals surface area contributed by atoms with Gasteiger partial charge in [0.1, 0.15) is 30.5 Å². The second kappa shape index (κ2) is 16.1. The van der Waals surface area contributed by atoms with E-state index in [4.69, 9.17) is 9.15 Å². The number of imide groups is 1. The van der Waals surface area contributed by atoms with E-state index in [2.05, 4.69) is 17.0 Å². The molecular weight excluding hydrogens is 620 g/mol. The van der Waals surface area contributed by atoms with Gasteiger partial charge in [-0.05, 0) is 85.6 Å². The number of aliphatic hydroxyl groups excluding tert-OH is 3. The van der Waals surface area contributed by atoms with Gasteiger partial charge in [0.15, 0.2) is 0 Å². The number of ether oxygens (including phenoxy) is 1. The quantitative estimate of drug-likeness (QED) is 0.155. The van der Waals surface area contributed by atoms with Crippen LogP contribution < -0.4 is 4.74 Å². The maximum absolute atomic E-state index is 14.2. The molecular formula is C40H48N2O7. The minimum absolute atomic E-state index is 0.155. The number of piperidine rings is 1. The molecule has 0 bridgehead atoms. The molecule has 9 nitrogen and oxygen atoms in total. The van der Waals surface area contributed by atoms with Gasteiger partial charge in [0, 0.05) is 31.6 Å². The van der Waals surface area contributed by atoms with Gasteiger partial charge in [-0.25, -0.2) is 0 Å². The first-order chi connectivity index (χ1) is 23.9. The third-order valence-corrected chi connectivity index (χ3v) is 10.5. The minimum Gasteiger partial charge on any atom is -0.489 e. The third-order valence-electron chi connectivity index (χ3n) is 10.5. The zero-order valence-corrected chi connectivity index (χ0v) is 28.2. The predicted octanol–water partition coefficient (Wildman–Crippen LogP) is 5.36. The first kappa shape index (κ1) is 34.8. The summed E-state index contributed by atoms with van der Waals surface area (Å²) in [4.78, 5) is 32.1. The summed E-state index contributed by atoms with van der Waals surface area (Å²) in [5, 5.41) is 32.0. The van der Waals surface area contributed by atoms with Gasteiger partial charge in [-0.1, -0.05) is 61.0 Å². The summed E-state index contributed by atoms with van der Waals surface area (Å²) in [5.74, 6) is -0.599. The summed E-state index contributed by atoms with van der Waals surface area (Å²) < 4.78 is 11.8. The van der Waals surface area contributed by atoms with Gasteiger partial charge >= 0.3 is 0 Å². The summed E-state index contributed by atoms with van der Waals surface area (Å²) in [5.41, 5.74) is 3.70. The first-order valence-corrected chi connectivity index (χ1v) is 17.6. The van der Waals surface area contributed by atoms with E-state index in [1.54, 1.807) is 6.07 Å². The molecule has 49 heavy (non-hydrogen) atoms. The lowest BCUT2D eigenvalue weighted by Gasteiger charge is -2.37. The maximum Gasteiger partial charge on any atom is 0.234 e. The Balaban J connectivity index is 1.20. The van der Waals surface area contributed by atoms with Crippen molar-refractivity contribution in [3.05, 3.63) is 107 Å². The number of hydrogen-bond acceptors (Lipinski definition) is 8. The molecule has 1 aromatic heterocycles. The average Bonchev–Trinajstić information content (AvgIpc) is 3.70. The number of hydrogen-bond donors (Lipinski definition) is 3. The van der Waals surface area contributed by atoms with Crippen molar-refractivity contribution < 1.29 is 34.1 Å². The largest absolute Gasteiger partial charge is 0.489 e. The Kier molecular flexibility index (Phi) is 11.5. The molecule has 2 aliphatic heterocycles. The number of carbonyl (C=O) groups is 2. The topological polar surface area (TPSA) is 124 Å². The van der Waals surface area contributed by atoms with Gasteiger partial charge in [-0.2, -0.15) is 0 Å². The van der Waals surface area contributed by atoms with Crippen LogP contribution in [0.2, 0.25) is 0 Å². The Labute approximate surface area is 288 Å². The molecule has 260 valence electrons. The van der Waals surface area contributed by atoms with E-state index < -0.39 is 23.9 Å². The van der Waals surface area contributed by atoms with Gasteiger partial charge in [0.25, 0.3) is 0 Å². The van der Waals surface area contributed by atoms with Crippen LogP contribution in [-0.4, -0.2) is 75.4 Å². The molecule has 0 radical (unpaired) electrons. The zero-order valence-electron chi connectivity index (χ0n) is 28.2. The molecule has 2 saturated heterocycles. The van der Waals surface area contributed by atoms with E-state index in [9.17, 15) is 24.9 Å². The van der Waals surface area contributed by atoms with E-state index in [1.165, 1.54) is 10.5 Å². The number of carbonyl (C=O) groups excluding carboxylic acids is 2. The van der Waals surface area contributed by atoms with E-state index in [-0.39, 0.29) is 37.7 Å². The van der Waals surface area contributed by atoms with Crippen LogP contribution in [0.5, 0.6) is 5.75 Å². The minimum atomic E-state index is -0.940. The van der Waals surface area contributed by atoms with Crippen molar-refractivity contribution in [1.82, 2.24) is 9.80 Å². The number of aliphatic hydroxyl groups is 3. The zero-order chi connectivity index (χ0) is 34.3. The Morgan fingerprint density at radius 3 is 2.35 bits per heavy atom. The standard InChI is InChI=1S/C40H48N2O7/c1-2-27(21-32-14-15-33(24-43)49-32)13-16-36(45)37-29(26-48-31-11-7-4-8-12-31)22-34-38(35(37)25-44)40(47)42(39(34)46)30-17-19-41(20-18-30)23-28-9-5-3-6-10-28/h3-12,14-15,21,30,34-36,38,43-45H,2,13,16-20,22-26H2,1H3/b27-21+/t34-,35+,36-,38-/m1/s1. The molecule has 3 heterocycles. The third kappa shape index (κ3) is 7.91. The smallest absolute Gasteiger partial charge is 0.234 e. The number of furan rings is 1. The van der Waals surface area contributed by atoms with Crippen LogP contribution in [0, 0.1) is 17.8 Å². The van der Waals surface area contributed by atoms with Crippen molar-refractivity contribution in [3.63, 3.8) is 0 Å². The molecule has 2 fully saturated rings. The van der Waals surface area contributed by atoms with E-state index >= 15 is 0 Å². The lowest BCUT2D eigenvalue weighted by molar-refractivity contribution is -0.144. The Morgan fingerprint density at radius 1 is 0.980 bits per heavy atom. The average molecular weight is 669 g/mol. The summed E-state index contributed by atoms with van der Waals surface area (Å²) in [6, 6.07) is 23.1. The number of nitrogens with zero attached hydrogens (tertiary/aromatic N) is 2. The van der Waals surface area contributed by atoms with Crippen LogP contribution in [0.1, 0.15) is 62.5 Å². The Hall–Kier alpha value is -4.02. The van der Waals surface area contributed by atoms with Crippen LogP contribution in [0.15, 0.2) is 93.9 Å². The van der Waals surface area contributed by atoms with Crippen molar-refractivity contribution in [3.8, 4) is 5.75 Å². The van der Waals surface area contributed by atoms with Crippen LogP contribution in [-0.2, 0) is 22.7 Å². The number of fused-ring (bicyclic) bond motifs is 1. The fraction of sp³-hybridized carbons (Fsp3) is 0.450. The predicted molar refractivity (Wildman–Crippen MR) is 186 cm³/mol. The number of allylic oxidation sites excluding steroid dienone is 1. The fourth-order valence-corrected chi connectivity index (χ4v) is 7.93. The van der Waals surface area contributed by atoms with Gasteiger partial charge in [0.2, 0.25) is 11.8 Å². The normalized spacial score (nSPS) is 22.9. The summed E-state index contributed by atoms with van der Waals surface area (Å²) in [6.45, 7) is 4.09. The number of para-hydroxylation sites is 1. The van der Waals surface area contributed by atoms with Crippen LogP contribution in [0.3, 0.4) is 0 Å². The van der Waals surface area contributed by atoms with Gasteiger partial charge in [-0.3, -0.25) is 19.4 Å². The lowest BCUT2D eigenvalue weighted by Crippen LogP contribution is -2.47. The van der Waals surface area contributed by atoms with Crippen LogP contribution in [0.25, 0.3) is 6.08 Å². The number of likely N-dealkylation sites (tertiary alicyclic amines) is 2. The molecule has 3 aromatic rings. The molecule has 0 spiro atoms. The monoisotopic (exact) mass is 668 g/mol. The Morgan fingerprint density at radius 2 is 1.69 bits per heavy atom. The van der Waals surface area contributed by atoms with Gasteiger partial charge < -0.3 is 24.5 Å². The highest BCUT2D eigenvalue weighted by molar-refractivity contribution is 6.06. The fourth-order valence-electron chi connectivity index (χ4n) is 7.93. The number of amides is 2. The highest BCUT2D eigenvalue weighted by Crippen LogP contribution is 2.47. The van der Waals surface area contributed by atoms with Crippen molar-refractivity contribution in [2.45, 2.75) is 70.7 Å². The highest BCUT2D eigenvalue weighted by Gasteiger charge is 2.56. The van der Waals surface area contributed by atoms with Crippen molar-refractivity contribution in [2.75, 3.05) is 26.3 Å². The van der Waals surface area contributed by atoms with Crippen LogP contribution >= 0.6 is 0 Å². The van der Waals surface area contributed by atoms with Crippen LogP contribution in [0.4, 0.5) is 0 Å². The van der Waals surface area contributed by atoms with Crippen molar-refractivity contribution in [1.29, 1.82) is 0 Å². The SMILES string of the molecule is CC/C(=C\c1ccc(CO)o1)CC[C@@H](O)C1=C(COc2ccccc2)C[C@H]2C(=O)N(C3CCN(Cc4ccccc4)CC3)C(=O)[C@H]2[C@H]1CO. The second-order valence-corrected chi connectivity index (χ2v) is 13.5. The summed E-state index contributed by atoms with van der Waals surface area (Å²) >= 11 is 0. The lowest BCUT2D eigenvalue weighted by atomic mass is 9.68. The van der Waals surface area contributed by atoms with E-state index in [0.29, 0.717) is 54.9 Å². The first-order valence-electron chi connectivity index (χ1n) is 17.6. The van der Waals surface area contributed by atoms with E-state index in [0.717, 1.165) is 37.2 Å². The molecule has 0 saturated carbocycles. The molecule has 1 aliphatic carbocycles. The van der Waals surface area contributed by atoms with Gasteiger partial charge in [0.05, 0.1) is 24.5 Å².